The molecule has 1 rings (SSSR count). The molecule has 0 fully saturated rings. The molecule has 1 aromatic rings. The van der Waals surface area contributed by atoms with Crippen molar-refractivity contribution in [2.24, 2.45) is 5.92 Å². The summed E-state index contributed by atoms with van der Waals surface area (Å²) in [7, 11) is 0. The number of rotatable bonds is 7. The lowest BCUT2D eigenvalue weighted by Gasteiger charge is -2.08. The summed E-state index contributed by atoms with van der Waals surface area (Å²) in [6, 6.07) is 8.16. The lowest BCUT2D eigenvalue weighted by Crippen LogP contribution is -2.10. The second-order valence-electron chi connectivity index (χ2n) is 4.23. The maximum Gasteiger partial charge on any atom is 0.0639 e. The van der Waals surface area contributed by atoms with Crippen molar-refractivity contribution in [3.05, 3.63) is 28.7 Å². The fourth-order valence-electron chi connectivity index (χ4n) is 1.29. The van der Waals surface area contributed by atoms with Gasteiger partial charge in [0, 0.05) is 23.3 Å². The average molecular weight is 286 g/mol. The number of nitrogens with one attached hydrogen (secondary N) is 1. The van der Waals surface area contributed by atoms with Crippen LogP contribution in [-0.4, -0.2) is 19.8 Å². The minimum absolute atomic E-state index is 0.720. The highest BCUT2D eigenvalue weighted by atomic mass is 79.9. The maximum atomic E-state index is 5.52. The molecule has 0 bridgehead atoms. The Kier molecular flexibility index (Phi) is 6.50. The molecule has 90 valence electrons. The molecule has 0 atom stereocenters. The van der Waals surface area contributed by atoms with Crippen LogP contribution in [0.15, 0.2) is 28.7 Å². The zero-order valence-electron chi connectivity index (χ0n) is 10.0. The van der Waals surface area contributed by atoms with Crippen molar-refractivity contribution in [3.63, 3.8) is 0 Å². The number of hydrogen-bond acceptors (Lipinski definition) is 2. The predicted molar refractivity (Wildman–Crippen MR) is 72.9 cm³/mol. The molecule has 0 radical (unpaired) electrons. The Morgan fingerprint density at radius 2 is 2.12 bits per heavy atom. The van der Waals surface area contributed by atoms with E-state index in [1.54, 1.807) is 0 Å². The number of halogens is 1. The van der Waals surface area contributed by atoms with E-state index in [1.165, 1.54) is 0 Å². The molecule has 0 saturated heterocycles. The Labute approximate surface area is 107 Å². The van der Waals surface area contributed by atoms with Crippen molar-refractivity contribution < 1.29 is 4.74 Å². The first-order chi connectivity index (χ1) is 7.68. The van der Waals surface area contributed by atoms with Crippen LogP contribution in [0.5, 0.6) is 0 Å². The van der Waals surface area contributed by atoms with Gasteiger partial charge in [0.1, 0.15) is 0 Å². The third-order valence-corrected chi connectivity index (χ3v) is 2.73. The average Bonchev–Trinajstić information content (AvgIpc) is 2.23. The first kappa shape index (κ1) is 13.5. The molecule has 16 heavy (non-hydrogen) atoms. The van der Waals surface area contributed by atoms with Gasteiger partial charge < -0.3 is 10.1 Å². The minimum Gasteiger partial charge on any atom is -0.383 e. The van der Waals surface area contributed by atoms with E-state index in [0.717, 1.165) is 42.3 Å². The van der Waals surface area contributed by atoms with Gasteiger partial charge in [-0.05, 0) is 30.5 Å². The van der Waals surface area contributed by atoms with E-state index < -0.39 is 0 Å². The summed E-state index contributed by atoms with van der Waals surface area (Å²) >= 11 is 3.44. The summed E-state index contributed by atoms with van der Waals surface area (Å²) in [5.74, 6) is 0.720. The van der Waals surface area contributed by atoms with E-state index >= 15 is 0 Å². The van der Waals surface area contributed by atoms with Crippen LogP contribution in [-0.2, 0) is 4.74 Å². The third kappa shape index (κ3) is 6.13. The number of ether oxygens (including phenoxy) is 1. The van der Waals surface area contributed by atoms with Gasteiger partial charge in [0.2, 0.25) is 0 Å². The van der Waals surface area contributed by atoms with Crippen molar-refractivity contribution in [2.75, 3.05) is 25.1 Å². The molecule has 3 heteroatoms. The molecule has 0 aliphatic carbocycles. The van der Waals surface area contributed by atoms with E-state index in [2.05, 4.69) is 47.2 Å². The van der Waals surface area contributed by atoms with Gasteiger partial charge in [-0.3, -0.25) is 0 Å². The van der Waals surface area contributed by atoms with Crippen LogP contribution in [0.3, 0.4) is 0 Å². The van der Waals surface area contributed by atoms with Gasteiger partial charge in [0.05, 0.1) is 6.61 Å². The van der Waals surface area contributed by atoms with Gasteiger partial charge in [0.15, 0.2) is 0 Å². The summed E-state index contributed by atoms with van der Waals surface area (Å²) < 4.78 is 6.62. The van der Waals surface area contributed by atoms with Crippen LogP contribution in [0.1, 0.15) is 20.3 Å². The molecule has 1 aromatic carbocycles. The first-order valence-corrected chi connectivity index (χ1v) is 6.55. The van der Waals surface area contributed by atoms with Crippen LogP contribution >= 0.6 is 15.9 Å². The molecule has 2 nitrogen and oxygen atoms in total. The molecule has 0 saturated carbocycles. The van der Waals surface area contributed by atoms with Gasteiger partial charge in [-0.25, -0.2) is 0 Å². The summed E-state index contributed by atoms with van der Waals surface area (Å²) in [6.07, 6.45) is 1.14. The zero-order chi connectivity index (χ0) is 11.8. The van der Waals surface area contributed by atoms with Crippen LogP contribution in [0, 0.1) is 5.92 Å². The van der Waals surface area contributed by atoms with Gasteiger partial charge in [-0.15, -0.1) is 0 Å². The van der Waals surface area contributed by atoms with E-state index in [1.807, 2.05) is 12.1 Å². The molecule has 0 aliphatic heterocycles. The minimum atomic E-state index is 0.720. The van der Waals surface area contributed by atoms with Crippen molar-refractivity contribution >= 4 is 21.6 Å². The first-order valence-electron chi connectivity index (χ1n) is 5.75. The van der Waals surface area contributed by atoms with Crippen molar-refractivity contribution in [3.8, 4) is 0 Å². The SMILES string of the molecule is CC(C)CCOCCNc1cccc(Br)c1. The lowest BCUT2D eigenvalue weighted by atomic mass is 10.1. The quantitative estimate of drug-likeness (QED) is 0.767. The third-order valence-electron chi connectivity index (χ3n) is 2.24. The van der Waals surface area contributed by atoms with Crippen molar-refractivity contribution in [2.45, 2.75) is 20.3 Å². The maximum absolute atomic E-state index is 5.52. The predicted octanol–water partition coefficient (Wildman–Crippen LogP) is 3.92. The highest BCUT2D eigenvalue weighted by Crippen LogP contribution is 2.15. The van der Waals surface area contributed by atoms with E-state index in [9.17, 15) is 0 Å². The molecular weight excluding hydrogens is 266 g/mol. The molecular formula is C13H20BrNO. The van der Waals surface area contributed by atoms with Crippen molar-refractivity contribution in [1.29, 1.82) is 0 Å². The standard InChI is InChI=1S/C13H20BrNO/c1-11(2)6-8-16-9-7-15-13-5-3-4-12(14)10-13/h3-5,10-11,15H,6-9H2,1-2H3. The molecule has 0 heterocycles. The van der Waals surface area contributed by atoms with Gasteiger partial charge >= 0.3 is 0 Å². The highest BCUT2D eigenvalue weighted by Gasteiger charge is 1.95. The molecule has 0 unspecified atom stereocenters. The Morgan fingerprint density at radius 1 is 1.31 bits per heavy atom. The van der Waals surface area contributed by atoms with Gasteiger partial charge in [-0.2, -0.15) is 0 Å². The smallest absolute Gasteiger partial charge is 0.0639 e. The van der Waals surface area contributed by atoms with E-state index in [0.29, 0.717) is 0 Å². The second-order valence-corrected chi connectivity index (χ2v) is 5.15. The van der Waals surface area contributed by atoms with Gasteiger partial charge in [0.25, 0.3) is 0 Å². The molecule has 0 spiro atoms. The Morgan fingerprint density at radius 3 is 2.81 bits per heavy atom. The van der Waals surface area contributed by atoms with Crippen molar-refractivity contribution in [1.82, 2.24) is 0 Å². The topological polar surface area (TPSA) is 21.3 Å². The zero-order valence-corrected chi connectivity index (χ0v) is 11.6. The Bertz CT molecular complexity index is 302. The van der Waals surface area contributed by atoms with Crippen LogP contribution in [0.2, 0.25) is 0 Å². The van der Waals surface area contributed by atoms with Crippen LogP contribution < -0.4 is 5.32 Å². The monoisotopic (exact) mass is 285 g/mol. The highest BCUT2D eigenvalue weighted by molar-refractivity contribution is 9.10. The molecule has 0 aromatic heterocycles. The normalized spacial score (nSPS) is 10.8. The summed E-state index contributed by atoms with van der Waals surface area (Å²) in [5, 5.41) is 3.32. The second kappa shape index (κ2) is 7.69. The summed E-state index contributed by atoms with van der Waals surface area (Å²) in [5.41, 5.74) is 1.13. The van der Waals surface area contributed by atoms with Crippen LogP contribution in [0.25, 0.3) is 0 Å². The number of benzene rings is 1. The molecule has 0 aliphatic rings. The molecule has 0 amide bonds. The fourth-order valence-corrected chi connectivity index (χ4v) is 1.69. The van der Waals surface area contributed by atoms with E-state index in [-0.39, 0.29) is 0 Å². The fraction of sp³-hybridized carbons (Fsp3) is 0.538. The number of anilines is 1. The summed E-state index contributed by atoms with van der Waals surface area (Å²) in [4.78, 5) is 0. The number of hydrogen-bond donors (Lipinski definition) is 1. The summed E-state index contributed by atoms with van der Waals surface area (Å²) in [6.45, 7) is 6.90. The largest absolute Gasteiger partial charge is 0.383 e. The lowest BCUT2D eigenvalue weighted by molar-refractivity contribution is 0.132. The Balaban J connectivity index is 2.07. The van der Waals surface area contributed by atoms with Gasteiger partial charge in [-0.1, -0.05) is 35.8 Å². The molecule has 1 N–H and O–H groups in total. The Hall–Kier alpha value is -0.540. The van der Waals surface area contributed by atoms with E-state index in [4.69, 9.17) is 4.74 Å². The van der Waals surface area contributed by atoms with Crippen LogP contribution in [0.4, 0.5) is 5.69 Å².